The molecule has 7 nitrogen and oxygen atoms in total. The third-order valence-corrected chi connectivity index (χ3v) is 4.39. The number of benzene rings is 2. The summed E-state index contributed by atoms with van der Waals surface area (Å²) >= 11 is 0. The maximum atomic E-state index is 11.7. The van der Waals surface area contributed by atoms with Crippen LogP contribution in [0.5, 0.6) is 11.5 Å². The fourth-order valence-electron chi connectivity index (χ4n) is 2.08. The quantitative estimate of drug-likeness (QED) is 0.555. The van der Waals surface area contributed by atoms with Crippen LogP contribution in [0.4, 0.5) is 0 Å². The minimum Gasteiger partial charge on any atom is -0.490 e. The Labute approximate surface area is 152 Å². The number of sulfonamides is 1. The van der Waals surface area contributed by atoms with Crippen LogP contribution in [0.1, 0.15) is 11.1 Å². The lowest BCUT2D eigenvalue weighted by atomic mass is 10.1. The molecule has 0 saturated heterocycles. The number of hydrogen-bond donors (Lipinski definition) is 1. The number of primary sulfonamides is 1. The van der Waals surface area contributed by atoms with Gasteiger partial charge in [0.05, 0.1) is 4.90 Å². The predicted octanol–water partition coefficient (Wildman–Crippen LogP) is 1.95. The lowest BCUT2D eigenvalue weighted by Crippen LogP contribution is -2.18. The first-order valence-electron chi connectivity index (χ1n) is 7.87. The maximum absolute atomic E-state index is 11.7. The van der Waals surface area contributed by atoms with Crippen molar-refractivity contribution in [2.24, 2.45) is 5.14 Å². The molecule has 0 aliphatic rings. The van der Waals surface area contributed by atoms with Crippen LogP contribution >= 0.6 is 0 Å². The van der Waals surface area contributed by atoms with Crippen molar-refractivity contribution in [1.82, 2.24) is 0 Å². The summed E-state index contributed by atoms with van der Waals surface area (Å²) < 4.78 is 38.2. The largest absolute Gasteiger partial charge is 0.490 e. The number of carbonyl (C=O) groups excluding carboxylic acids is 1. The van der Waals surface area contributed by atoms with Gasteiger partial charge in [0, 0.05) is 0 Å². The molecule has 0 heterocycles. The predicted molar refractivity (Wildman–Crippen MR) is 95.7 cm³/mol. The van der Waals surface area contributed by atoms with E-state index in [1.165, 1.54) is 24.3 Å². The smallest absolute Gasteiger partial charge is 0.344 e. The summed E-state index contributed by atoms with van der Waals surface area (Å²) in [5, 5.41) is 5.01. The van der Waals surface area contributed by atoms with Gasteiger partial charge in [0.15, 0.2) is 6.61 Å². The first-order valence-corrected chi connectivity index (χ1v) is 9.41. The fourth-order valence-corrected chi connectivity index (χ4v) is 2.60. The Bertz CT molecular complexity index is 862. The van der Waals surface area contributed by atoms with E-state index in [1.807, 2.05) is 32.0 Å². The normalized spacial score (nSPS) is 11.0. The first kappa shape index (κ1) is 19.7. The van der Waals surface area contributed by atoms with Gasteiger partial charge in [-0.15, -0.1) is 0 Å². The Morgan fingerprint density at radius 3 is 2.35 bits per heavy atom. The highest BCUT2D eigenvalue weighted by Crippen LogP contribution is 2.19. The van der Waals surface area contributed by atoms with E-state index in [1.54, 1.807) is 0 Å². The average Bonchev–Trinajstić information content (AvgIpc) is 2.59. The fraction of sp³-hybridized carbons (Fsp3) is 0.278. The Balaban J connectivity index is 1.71. The highest BCUT2D eigenvalue weighted by Gasteiger charge is 2.08. The van der Waals surface area contributed by atoms with Crippen LogP contribution in [0, 0.1) is 13.8 Å². The summed E-state index contributed by atoms with van der Waals surface area (Å²) in [4.78, 5) is 11.7. The molecule has 0 amide bonds. The van der Waals surface area contributed by atoms with Crippen LogP contribution < -0.4 is 14.6 Å². The van der Waals surface area contributed by atoms with Crippen molar-refractivity contribution in [1.29, 1.82) is 0 Å². The van der Waals surface area contributed by atoms with Gasteiger partial charge in [-0.05, 0) is 55.3 Å². The number of rotatable bonds is 8. The zero-order valence-electron chi connectivity index (χ0n) is 14.6. The molecule has 0 fully saturated rings. The topological polar surface area (TPSA) is 105 Å². The standard InChI is InChI=1S/C18H21NO6S/c1-13-3-4-14(2)17(11-13)25-12-18(20)24-10-9-23-15-5-7-16(8-6-15)26(19,21)22/h3-8,11H,9-10,12H2,1-2H3,(H2,19,21,22). The lowest BCUT2D eigenvalue weighted by molar-refractivity contribution is -0.146. The molecule has 8 heteroatoms. The molecule has 0 aliphatic heterocycles. The van der Waals surface area contributed by atoms with Gasteiger partial charge in [-0.25, -0.2) is 18.4 Å². The van der Waals surface area contributed by atoms with Crippen LogP contribution in [0.3, 0.4) is 0 Å². The molecular formula is C18H21NO6S. The lowest BCUT2D eigenvalue weighted by Gasteiger charge is -2.10. The van der Waals surface area contributed by atoms with E-state index < -0.39 is 16.0 Å². The molecule has 0 aromatic heterocycles. The van der Waals surface area contributed by atoms with Crippen molar-refractivity contribution in [2.45, 2.75) is 18.7 Å². The minimum absolute atomic E-state index is 0.000122. The molecule has 0 saturated carbocycles. The summed E-state index contributed by atoms with van der Waals surface area (Å²) in [5.41, 5.74) is 1.98. The highest BCUT2D eigenvalue weighted by atomic mass is 32.2. The highest BCUT2D eigenvalue weighted by molar-refractivity contribution is 7.89. The summed E-state index contributed by atoms with van der Waals surface area (Å²) in [6.45, 7) is 3.83. The summed E-state index contributed by atoms with van der Waals surface area (Å²) in [6, 6.07) is 11.4. The van der Waals surface area contributed by atoms with Gasteiger partial charge in [0.25, 0.3) is 0 Å². The van der Waals surface area contributed by atoms with Gasteiger partial charge in [-0.3, -0.25) is 0 Å². The number of hydrogen-bond acceptors (Lipinski definition) is 6. The van der Waals surface area contributed by atoms with E-state index >= 15 is 0 Å². The van der Waals surface area contributed by atoms with Crippen LogP contribution in [0.2, 0.25) is 0 Å². The second-order valence-corrected chi connectivity index (χ2v) is 7.20. The molecular weight excluding hydrogens is 358 g/mol. The average molecular weight is 379 g/mol. The molecule has 26 heavy (non-hydrogen) atoms. The molecule has 0 radical (unpaired) electrons. The Kier molecular flexibility index (Phi) is 6.59. The van der Waals surface area contributed by atoms with Crippen LogP contribution in [0.15, 0.2) is 47.4 Å². The Morgan fingerprint density at radius 1 is 1.00 bits per heavy atom. The SMILES string of the molecule is Cc1ccc(C)c(OCC(=O)OCCOc2ccc(S(N)(=O)=O)cc2)c1. The molecule has 0 unspecified atom stereocenters. The summed E-state index contributed by atoms with van der Waals surface area (Å²) in [6.07, 6.45) is 0. The second-order valence-electron chi connectivity index (χ2n) is 5.64. The monoisotopic (exact) mass is 379 g/mol. The van der Waals surface area contributed by atoms with Crippen molar-refractivity contribution in [3.8, 4) is 11.5 Å². The van der Waals surface area contributed by atoms with Crippen molar-refractivity contribution in [2.75, 3.05) is 19.8 Å². The van der Waals surface area contributed by atoms with Crippen LogP contribution in [-0.4, -0.2) is 34.2 Å². The van der Waals surface area contributed by atoms with Gasteiger partial charge in [-0.1, -0.05) is 12.1 Å². The van der Waals surface area contributed by atoms with E-state index in [0.717, 1.165) is 11.1 Å². The molecule has 2 rings (SSSR count). The van der Waals surface area contributed by atoms with Gasteiger partial charge in [-0.2, -0.15) is 0 Å². The van der Waals surface area contributed by atoms with E-state index in [2.05, 4.69) is 0 Å². The van der Waals surface area contributed by atoms with Crippen molar-refractivity contribution in [3.63, 3.8) is 0 Å². The molecule has 140 valence electrons. The zero-order valence-corrected chi connectivity index (χ0v) is 15.4. The first-order chi connectivity index (χ1) is 12.3. The Morgan fingerprint density at radius 2 is 1.69 bits per heavy atom. The third kappa shape index (κ3) is 6.05. The van der Waals surface area contributed by atoms with E-state index in [4.69, 9.17) is 19.3 Å². The number of aryl methyl sites for hydroxylation is 2. The third-order valence-electron chi connectivity index (χ3n) is 3.46. The molecule has 2 N–H and O–H groups in total. The molecule has 2 aromatic rings. The molecule has 0 aliphatic carbocycles. The van der Waals surface area contributed by atoms with Crippen LogP contribution in [-0.2, 0) is 19.6 Å². The maximum Gasteiger partial charge on any atom is 0.344 e. The number of nitrogens with two attached hydrogens (primary N) is 1. The number of esters is 1. The summed E-state index contributed by atoms with van der Waals surface area (Å²) in [5.74, 6) is 0.590. The number of ether oxygens (including phenoxy) is 3. The van der Waals surface area contributed by atoms with Gasteiger partial charge < -0.3 is 14.2 Å². The molecule has 0 spiro atoms. The van der Waals surface area contributed by atoms with Crippen molar-refractivity contribution >= 4 is 16.0 Å². The van der Waals surface area contributed by atoms with E-state index in [0.29, 0.717) is 11.5 Å². The molecule has 0 atom stereocenters. The Hall–Kier alpha value is -2.58. The van der Waals surface area contributed by atoms with Crippen molar-refractivity contribution < 1.29 is 27.4 Å². The molecule has 0 bridgehead atoms. The van der Waals surface area contributed by atoms with Crippen molar-refractivity contribution in [3.05, 3.63) is 53.6 Å². The van der Waals surface area contributed by atoms with E-state index in [9.17, 15) is 13.2 Å². The van der Waals surface area contributed by atoms with E-state index in [-0.39, 0.29) is 24.7 Å². The minimum atomic E-state index is -3.73. The van der Waals surface area contributed by atoms with Gasteiger partial charge in [0.1, 0.15) is 24.7 Å². The second kappa shape index (κ2) is 8.68. The molecule has 2 aromatic carbocycles. The number of carbonyl (C=O) groups is 1. The summed E-state index contributed by atoms with van der Waals surface area (Å²) in [7, 11) is -3.73. The van der Waals surface area contributed by atoms with Gasteiger partial charge in [0.2, 0.25) is 10.0 Å². The van der Waals surface area contributed by atoms with Gasteiger partial charge >= 0.3 is 5.97 Å². The van der Waals surface area contributed by atoms with Crippen LogP contribution in [0.25, 0.3) is 0 Å². The zero-order chi connectivity index (χ0) is 19.2.